The van der Waals surface area contributed by atoms with Crippen LogP contribution >= 0.6 is 0 Å². The SMILES string of the molecule is NCC1CCNc2cc(CC3CCCCC3)nn21. The molecule has 4 nitrogen and oxygen atoms in total. The molecule has 1 saturated carbocycles. The first-order chi connectivity index (χ1) is 8.86. The van der Waals surface area contributed by atoms with Gasteiger partial charge in [0.05, 0.1) is 11.7 Å². The Morgan fingerprint density at radius 2 is 2.11 bits per heavy atom. The highest BCUT2D eigenvalue weighted by Gasteiger charge is 2.22. The van der Waals surface area contributed by atoms with Crippen molar-refractivity contribution in [1.29, 1.82) is 0 Å². The van der Waals surface area contributed by atoms with Crippen LogP contribution in [0.1, 0.15) is 50.3 Å². The fraction of sp³-hybridized carbons (Fsp3) is 0.786. The van der Waals surface area contributed by atoms with E-state index in [9.17, 15) is 0 Å². The number of nitrogens with one attached hydrogen (secondary N) is 1. The van der Waals surface area contributed by atoms with Crippen LogP contribution in [-0.4, -0.2) is 22.9 Å². The smallest absolute Gasteiger partial charge is 0.124 e. The van der Waals surface area contributed by atoms with E-state index in [0.29, 0.717) is 12.6 Å². The van der Waals surface area contributed by atoms with E-state index in [1.54, 1.807) is 0 Å². The molecule has 3 N–H and O–H groups in total. The number of fused-ring (bicyclic) bond motifs is 1. The van der Waals surface area contributed by atoms with Crippen molar-refractivity contribution in [1.82, 2.24) is 9.78 Å². The Balaban J connectivity index is 1.71. The van der Waals surface area contributed by atoms with E-state index in [4.69, 9.17) is 10.8 Å². The van der Waals surface area contributed by atoms with Gasteiger partial charge in [-0.25, -0.2) is 4.68 Å². The molecule has 1 unspecified atom stereocenters. The second-order valence-corrected chi connectivity index (χ2v) is 5.78. The number of anilines is 1. The van der Waals surface area contributed by atoms with Crippen LogP contribution in [0.2, 0.25) is 0 Å². The van der Waals surface area contributed by atoms with Gasteiger partial charge < -0.3 is 11.1 Å². The highest BCUT2D eigenvalue weighted by atomic mass is 15.4. The zero-order chi connectivity index (χ0) is 12.4. The predicted molar refractivity (Wildman–Crippen MR) is 73.7 cm³/mol. The van der Waals surface area contributed by atoms with Crippen LogP contribution in [0.15, 0.2) is 6.07 Å². The molecular formula is C14H24N4. The lowest BCUT2D eigenvalue weighted by molar-refractivity contribution is 0.350. The summed E-state index contributed by atoms with van der Waals surface area (Å²) in [6.07, 6.45) is 9.25. The van der Waals surface area contributed by atoms with Crippen molar-refractivity contribution in [2.75, 3.05) is 18.4 Å². The molecule has 0 saturated heterocycles. The fourth-order valence-corrected chi connectivity index (χ4v) is 3.35. The summed E-state index contributed by atoms with van der Waals surface area (Å²) in [5.41, 5.74) is 7.08. The summed E-state index contributed by atoms with van der Waals surface area (Å²) in [6.45, 7) is 1.72. The van der Waals surface area contributed by atoms with Crippen LogP contribution in [0.4, 0.5) is 5.82 Å². The van der Waals surface area contributed by atoms with Gasteiger partial charge in [0.1, 0.15) is 5.82 Å². The van der Waals surface area contributed by atoms with Gasteiger partial charge in [0.2, 0.25) is 0 Å². The highest BCUT2D eigenvalue weighted by molar-refractivity contribution is 5.39. The van der Waals surface area contributed by atoms with Crippen LogP contribution in [0.3, 0.4) is 0 Å². The molecule has 2 heterocycles. The van der Waals surface area contributed by atoms with Crippen molar-refractivity contribution in [2.45, 2.75) is 51.0 Å². The lowest BCUT2D eigenvalue weighted by atomic mass is 9.86. The Labute approximate surface area is 109 Å². The molecule has 1 atom stereocenters. The largest absolute Gasteiger partial charge is 0.370 e. The van der Waals surface area contributed by atoms with Crippen molar-refractivity contribution in [3.05, 3.63) is 11.8 Å². The van der Waals surface area contributed by atoms with Crippen LogP contribution in [0.25, 0.3) is 0 Å². The van der Waals surface area contributed by atoms with Crippen LogP contribution in [0.5, 0.6) is 0 Å². The van der Waals surface area contributed by atoms with Crippen molar-refractivity contribution >= 4 is 5.82 Å². The molecule has 1 aromatic rings. The lowest BCUT2D eigenvalue weighted by Gasteiger charge is -2.24. The van der Waals surface area contributed by atoms with E-state index in [0.717, 1.165) is 25.3 Å². The summed E-state index contributed by atoms with van der Waals surface area (Å²) < 4.78 is 2.11. The third kappa shape index (κ3) is 2.39. The van der Waals surface area contributed by atoms with Crippen LogP contribution in [0, 0.1) is 5.92 Å². The normalized spacial score (nSPS) is 24.6. The van der Waals surface area contributed by atoms with Crippen molar-refractivity contribution in [3.63, 3.8) is 0 Å². The highest BCUT2D eigenvalue weighted by Crippen LogP contribution is 2.29. The number of aromatic nitrogens is 2. The first kappa shape index (κ1) is 12.0. The summed E-state index contributed by atoms with van der Waals surface area (Å²) in [4.78, 5) is 0. The van der Waals surface area contributed by atoms with Gasteiger partial charge in [0.25, 0.3) is 0 Å². The maximum absolute atomic E-state index is 5.82. The Kier molecular flexibility index (Phi) is 3.55. The summed E-state index contributed by atoms with van der Waals surface area (Å²) in [5.74, 6) is 2.02. The Morgan fingerprint density at radius 3 is 2.89 bits per heavy atom. The summed E-state index contributed by atoms with van der Waals surface area (Å²) >= 11 is 0. The summed E-state index contributed by atoms with van der Waals surface area (Å²) in [5, 5.41) is 8.20. The second-order valence-electron chi connectivity index (χ2n) is 5.78. The molecule has 0 amide bonds. The van der Waals surface area contributed by atoms with Gasteiger partial charge in [-0.15, -0.1) is 0 Å². The fourth-order valence-electron chi connectivity index (χ4n) is 3.35. The summed E-state index contributed by atoms with van der Waals surface area (Å²) in [7, 11) is 0. The molecule has 0 aromatic carbocycles. The molecule has 1 aliphatic heterocycles. The average molecular weight is 248 g/mol. The van der Waals surface area contributed by atoms with Gasteiger partial charge in [-0.2, -0.15) is 5.10 Å². The maximum atomic E-state index is 5.82. The molecule has 0 bridgehead atoms. The van der Waals surface area contributed by atoms with Gasteiger partial charge in [-0.1, -0.05) is 32.1 Å². The molecular weight excluding hydrogens is 224 g/mol. The van der Waals surface area contributed by atoms with Gasteiger partial charge in [-0.3, -0.25) is 0 Å². The number of hydrogen-bond acceptors (Lipinski definition) is 3. The monoisotopic (exact) mass is 248 g/mol. The molecule has 0 spiro atoms. The Bertz CT molecular complexity index is 392. The van der Waals surface area contributed by atoms with E-state index in [1.165, 1.54) is 43.6 Å². The Morgan fingerprint density at radius 1 is 1.28 bits per heavy atom. The van der Waals surface area contributed by atoms with E-state index in [1.807, 2.05) is 0 Å². The molecule has 1 aromatic heterocycles. The number of nitrogens with two attached hydrogens (primary N) is 1. The van der Waals surface area contributed by atoms with E-state index in [2.05, 4.69) is 16.1 Å². The standard InChI is InChI=1S/C14H24N4/c15-10-13-6-7-16-14-9-12(17-18(13)14)8-11-4-2-1-3-5-11/h9,11,13,16H,1-8,10,15H2. The van der Waals surface area contributed by atoms with Gasteiger partial charge in [0, 0.05) is 19.2 Å². The first-order valence-corrected chi connectivity index (χ1v) is 7.39. The number of nitrogens with zero attached hydrogens (tertiary/aromatic N) is 2. The molecule has 1 fully saturated rings. The average Bonchev–Trinajstić information content (AvgIpc) is 2.82. The predicted octanol–water partition coefficient (Wildman–Crippen LogP) is 2.32. The first-order valence-electron chi connectivity index (χ1n) is 7.39. The summed E-state index contributed by atoms with van der Waals surface area (Å²) in [6, 6.07) is 2.62. The third-order valence-electron chi connectivity index (χ3n) is 4.41. The third-order valence-corrected chi connectivity index (χ3v) is 4.41. The molecule has 0 radical (unpaired) electrons. The second kappa shape index (κ2) is 5.31. The van der Waals surface area contributed by atoms with E-state index < -0.39 is 0 Å². The number of rotatable bonds is 3. The van der Waals surface area contributed by atoms with Crippen molar-refractivity contribution < 1.29 is 0 Å². The lowest BCUT2D eigenvalue weighted by Crippen LogP contribution is -2.28. The Hall–Kier alpha value is -1.03. The topological polar surface area (TPSA) is 55.9 Å². The zero-order valence-corrected chi connectivity index (χ0v) is 11.1. The molecule has 100 valence electrons. The zero-order valence-electron chi connectivity index (χ0n) is 11.1. The van der Waals surface area contributed by atoms with E-state index >= 15 is 0 Å². The molecule has 3 rings (SSSR count). The minimum Gasteiger partial charge on any atom is -0.370 e. The molecule has 2 aliphatic rings. The van der Waals surface area contributed by atoms with Crippen molar-refractivity contribution in [3.8, 4) is 0 Å². The van der Waals surface area contributed by atoms with Crippen LogP contribution in [-0.2, 0) is 6.42 Å². The molecule has 4 heteroatoms. The quantitative estimate of drug-likeness (QED) is 0.863. The number of hydrogen-bond donors (Lipinski definition) is 2. The van der Waals surface area contributed by atoms with E-state index in [-0.39, 0.29) is 0 Å². The minimum absolute atomic E-state index is 0.390. The van der Waals surface area contributed by atoms with Gasteiger partial charge in [0.15, 0.2) is 0 Å². The molecule has 18 heavy (non-hydrogen) atoms. The van der Waals surface area contributed by atoms with Gasteiger partial charge >= 0.3 is 0 Å². The van der Waals surface area contributed by atoms with Crippen molar-refractivity contribution in [2.24, 2.45) is 11.7 Å². The maximum Gasteiger partial charge on any atom is 0.124 e. The minimum atomic E-state index is 0.390. The van der Waals surface area contributed by atoms with Crippen LogP contribution < -0.4 is 11.1 Å². The molecule has 1 aliphatic carbocycles. The van der Waals surface area contributed by atoms with Gasteiger partial charge in [-0.05, 0) is 18.8 Å².